The van der Waals surface area contributed by atoms with Crippen molar-refractivity contribution in [3.05, 3.63) is 36.5 Å². The van der Waals surface area contributed by atoms with Gasteiger partial charge in [-0.25, -0.2) is 4.98 Å². The maximum atomic E-state index is 12.0. The normalized spacial score (nSPS) is 18.2. The molecule has 130 valence electrons. The average Bonchev–Trinajstić information content (AvgIpc) is 3.27. The Hall–Kier alpha value is -2.74. The highest BCUT2D eigenvalue weighted by molar-refractivity contribution is 5.77. The first-order chi connectivity index (χ1) is 12.2. The second-order valence-corrected chi connectivity index (χ2v) is 6.12. The Kier molecular flexibility index (Phi) is 4.19. The van der Waals surface area contributed by atoms with Crippen LogP contribution in [-0.2, 0) is 9.53 Å². The molecular formula is C17H19N5O3. The number of amides is 1. The van der Waals surface area contributed by atoms with Crippen LogP contribution in [0.4, 0.5) is 0 Å². The number of hydrogen-bond acceptors (Lipinski definition) is 6. The summed E-state index contributed by atoms with van der Waals surface area (Å²) < 4.78 is 12.4. The van der Waals surface area contributed by atoms with E-state index in [0.717, 1.165) is 12.1 Å². The van der Waals surface area contributed by atoms with E-state index in [2.05, 4.69) is 15.1 Å². The van der Waals surface area contributed by atoms with Gasteiger partial charge in [0.05, 0.1) is 12.5 Å². The van der Waals surface area contributed by atoms with Gasteiger partial charge in [0.15, 0.2) is 0 Å². The Bertz CT molecular complexity index is 854. The van der Waals surface area contributed by atoms with Gasteiger partial charge in [-0.05, 0) is 18.6 Å². The summed E-state index contributed by atoms with van der Waals surface area (Å²) in [7, 11) is 1.63. The molecule has 1 amide bonds. The third-order valence-electron chi connectivity index (χ3n) is 4.45. The van der Waals surface area contributed by atoms with Crippen LogP contribution in [0, 0.1) is 0 Å². The van der Waals surface area contributed by atoms with Crippen LogP contribution in [0.15, 0.2) is 35.1 Å². The number of rotatable bonds is 5. The van der Waals surface area contributed by atoms with Crippen LogP contribution in [0.2, 0.25) is 0 Å². The Labute approximate surface area is 144 Å². The molecule has 8 heteroatoms. The van der Waals surface area contributed by atoms with E-state index in [0.29, 0.717) is 43.5 Å². The molecule has 1 aliphatic heterocycles. The summed E-state index contributed by atoms with van der Waals surface area (Å²) in [6, 6.07) is 5.79. The maximum absolute atomic E-state index is 12.0. The Morgan fingerprint density at radius 1 is 1.36 bits per heavy atom. The van der Waals surface area contributed by atoms with Crippen LogP contribution in [0.3, 0.4) is 0 Å². The summed E-state index contributed by atoms with van der Waals surface area (Å²) in [5, 5.41) is 4.07. The molecule has 0 unspecified atom stereocenters. The summed E-state index contributed by atoms with van der Waals surface area (Å²) in [6.45, 7) is 1.68. The van der Waals surface area contributed by atoms with Crippen LogP contribution in [-0.4, -0.2) is 57.1 Å². The molecule has 0 bridgehead atoms. The van der Waals surface area contributed by atoms with Crippen molar-refractivity contribution in [2.24, 2.45) is 0 Å². The number of aromatic nitrogens is 4. The molecule has 0 saturated carbocycles. The zero-order valence-electron chi connectivity index (χ0n) is 14.0. The molecule has 1 fully saturated rings. The fourth-order valence-electron chi connectivity index (χ4n) is 3.08. The Morgan fingerprint density at radius 3 is 3.12 bits per heavy atom. The fraction of sp³-hybridized carbons (Fsp3) is 0.412. The molecule has 0 spiro atoms. The second kappa shape index (κ2) is 6.64. The van der Waals surface area contributed by atoms with E-state index in [1.54, 1.807) is 12.0 Å². The molecule has 0 N–H and O–H groups in total. The maximum Gasteiger partial charge on any atom is 0.231 e. The topological polar surface area (TPSA) is 85.8 Å². The molecule has 8 nitrogen and oxygen atoms in total. The molecule has 0 radical (unpaired) electrons. The highest BCUT2D eigenvalue weighted by Crippen LogP contribution is 2.28. The van der Waals surface area contributed by atoms with Crippen molar-refractivity contribution in [2.45, 2.75) is 18.8 Å². The first kappa shape index (κ1) is 15.8. The van der Waals surface area contributed by atoms with Crippen molar-refractivity contribution in [1.29, 1.82) is 0 Å². The zero-order chi connectivity index (χ0) is 17.2. The van der Waals surface area contributed by atoms with E-state index in [-0.39, 0.29) is 11.8 Å². The lowest BCUT2D eigenvalue weighted by molar-refractivity contribution is -0.134. The van der Waals surface area contributed by atoms with E-state index < -0.39 is 0 Å². The smallest absolute Gasteiger partial charge is 0.231 e. The predicted octanol–water partition coefficient (Wildman–Crippen LogP) is 1.74. The van der Waals surface area contributed by atoms with Crippen molar-refractivity contribution < 1.29 is 14.1 Å². The number of carbonyl (C=O) groups is 1. The van der Waals surface area contributed by atoms with Gasteiger partial charge >= 0.3 is 0 Å². The first-order valence-corrected chi connectivity index (χ1v) is 8.29. The monoisotopic (exact) mass is 341 g/mol. The highest BCUT2D eigenvalue weighted by atomic mass is 16.5. The molecular weight excluding hydrogens is 322 g/mol. The van der Waals surface area contributed by atoms with Crippen molar-refractivity contribution in [2.75, 3.05) is 26.8 Å². The van der Waals surface area contributed by atoms with Gasteiger partial charge in [-0.3, -0.25) is 4.79 Å². The standard InChI is InChI=1S/C17H19N5O3/c1-24-9-8-22-10-12(5-6-15(22)23)17-19-16(20-25-17)13-11-21-7-3-2-4-14(21)18-13/h2-4,7,11-12H,5-6,8-10H2,1H3/t12-/m0/s1. The number of methoxy groups -OCH3 is 1. The molecule has 1 saturated heterocycles. The number of ether oxygens (including phenoxy) is 1. The second-order valence-electron chi connectivity index (χ2n) is 6.12. The van der Waals surface area contributed by atoms with Gasteiger partial charge in [0, 0.05) is 39.0 Å². The molecule has 3 aromatic rings. The number of likely N-dealkylation sites (tertiary alicyclic amines) is 1. The SMILES string of the molecule is COCCN1C[C@@H](c2nc(-c3cn4ccccc4n3)no2)CCC1=O. The Morgan fingerprint density at radius 2 is 2.28 bits per heavy atom. The van der Waals surface area contributed by atoms with Gasteiger partial charge in [0.25, 0.3) is 0 Å². The van der Waals surface area contributed by atoms with Gasteiger partial charge in [-0.1, -0.05) is 11.2 Å². The van der Waals surface area contributed by atoms with Crippen molar-refractivity contribution >= 4 is 11.6 Å². The van der Waals surface area contributed by atoms with Gasteiger partial charge < -0.3 is 18.6 Å². The molecule has 4 rings (SSSR count). The highest BCUT2D eigenvalue weighted by Gasteiger charge is 2.30. The largest absolute Gasteiger partial charge is 0.383 e. The van der Waals surface area contributed by atoms with Crippen LogP contribution in [0.25, 0.3) is 17.2 Å². The van der Waals surface area contributed by atoms with E-state index in [4.69, 9.17) is 9.26 Å². The molecule has 1 atom stereocenters. The van der Waals surface area contributed by atoms with Gasteiger partial charge in [-0.2, -0.15) is 4.98 Å². The lowest BCUT2D eigenvalue weighted by Gasteiger charge is -2.30. The van der Waals surface area contributed by atoms with E-state index in [1.165, 1.54) is 0 Å². The van der Waals surface area contributed by atoms with Crippen LogP contribution < -0.4 is 0 Å². The average molecular weight is 341 g/mol. The number of piperidine rings is 1. The summed E-state index contributed by atoms with van der Waals surface area (Å²) >= 11 is 0. The predicted molar refractivity (Wildman–Crippen MR) is 88.9 cm³/mol. The summed E-state index contributed by atoms with van der Waals surface area (Å²) in [4.78, 5) is 22.8. The molecule has 1 aliphatic rings. The van der Waals surface area contributed by atoms with Gasteiger partial charge in [0.1, 0.15) is 11.3 Å². The minimum absolute atomic E-state index is 0.0489. The number of imidazole rings is 1. The van der Waals surface area contributed by atoms with Crippen molar-refractivity contribution in [3.63, 3.8) is 0 Å². The van der Waals surface area contributed by atoms with E-state index in [1.807, 2.05) is 35.0 Å². The quantitative estimate of drug-likeness (QED) is 0.703. The molecule has 0 aliphatic carbocycles. The number of hydrogen-bond donors (Lipinski definition) is 0. The molecule has 0 aromatic carbocycles. The minimum atomic E-state index is 0.0489. The number of nitrogens with zero attached hydrogens (tertiary/aromatic N) is 5. The third-order valence-corrected chi connectivity index (χ3v) is 4.45. The van der Waals surface area contributed by atoms with Gasteiger partial charge in [0.2, 0.25) is 17.6 Å². The van der Waals surface area contributed by atoms with Gasteiger partial charge in [-0.15, -0.1) is 0 Å². The zero-order valence-corrected chi connectivity index (χ0v) is 14.0. The third kappa shape index (κ3) is 3.12. The molecule has 4 heterocycles. The Balaban J connectivity index is 1.53. The lowest BCUT2D eigenvalue weighted by Crippen LogP contribution is -2.41. The summed E-state index contributed by atoms with van der Waals surface area (Å²) in [5.41, 5.74) is 1.50. The lowest BCUT2D eigenvalue weighted by atomic mass is 9.97. The van der Waals surface area contributed by atoms with Crippen LogP contribution in [0.1, 0.15) is 24.7 Å². The number of fused-ring (bicyclic) bond motifs is 1. The minimum Gasteiger partial charge on any atom is -0.383 e. The fourth-order valence-corrected chi connectivity index (χ4v) is 3.08. The summed E-state index contributed by atoms with van der Waals surface area (Å²) in [6.07, 6.45) is 5.00. The molecule has 3 aromatic heterocycles. The van der Waals surface area contributed by atoms with Crippen molar-refractivity contribution in [3.8, 4) is 11.5 Å². The number of pyridine rings is 1. The summed E-state index contributed by atoms with van der Waals surface area (Å²) in [5.74, 6) is 1.22. The van der Waals surface area contributed by atoms with E-state index in [9.17, 15) is 4.79 Å². The van der Waals surface area contributed by atoms with Crippen molar-refractivity contribution in [1.82, 2.24) is 24.4 Å². The van der Waals surface area contributed by atoms with Crippen LogP contribution in [0.5, 0.6) is 0 Å². The molecule has 25 heavy (non-hydrogen) atoms. The van der Waals surface area contributed by atoms with E-state index >= 15 is 0 Å². The van der Waals surface area contributed by atoms with Crippen LogP contribution >= 0.6 is 0 Å². The first-order valence-electron chi connectivity index (χ1n) is 8.29. The number of carbonyl (C=O) groups excluding carboxylic acids is 1.